The van der Waals surface area contributed by atoms with E-state index in [-0.39, 0.29) is 11.8 Å². The molecule has 2 nitrogen and oxygen atoms in total. The van der Waals surface area contributed by atoms with Gasteiger partial charge in [-0.05, 0) is 30.9 Å². The van der Waals surface area contributed by atoms with Gasteiger partial charge in [0.25, 0.3) is 0 Å². The molecule has 1 aromatic carbocycles. The van der Waals surface area contributed by atoms with Gasteiger partial charge in [-0.3, -0.25) is 4.79 Å². The SMILES string of the molecule is CC1CCN(CCCc2cccc(C(F)(F)F)c2)C1=O. The van der Waals surface area contributed by atoms with E-state index < -0.39 is 11.7 Å². The van der Waals surface area contributed by atoms with Crippen LogP contribution >= 0.6 is 0 Å². The molecule has 20 heavy (non-hydrogen) atoms. The van der Waals surface area contributed by atoms with Gasteiger partial charge in [0, 0.05) is 19.0 Å². The fourth-order valence-corrected chi connectivity index (χ4v) is 2.49. The van der Waals surface area contributed by atoms with Gasteiger partial charge in [-0.25, -0.2) is 0 Å². The number of rotatable bonds is 4. The molecule has 5 heteroatoms. The van der Waals surface area contributed by atoms with Crippen LogP contribution in [0, 0.1) is 5.92 Å². The van der Waals surface area contributed by atoms with Crippen LogP contribution in [-0.4, -0.2) is 23.9 Å². The second-order valence-corrected chi connectivity index (χ2v) is 5.32. The van der Waals surface area contributed by atoms with E-state index in [1.54, 1.807) is 11.0 Å². The van der Waals surface area contributed by atoms with Crippen molar-refractivity contribution in [1.82, 2.24) is 4.90 Å². The second kappa shape index (κ2) is 5.85. The molecule has 1 amide bonds. The first-order chi connectivity index (χ1) is 9.38. The zero-order chi connectivity index (χ0) is 14.8. The van der Waals surface area contributed by atoms with Crippen LogP contribution in [0.15, 0.2) is 24.3 Å². The van der Waals surface area contributed by atoms with Crippen molar-refractivity contribution in [2.75, 3.05) is 13.1 Å². The molecule has 2 rings (SSSR count). The van der Waals surface area contributed by atoms with Crippen molar-refractivity contribution in [3.8, 4) is 0 Å². The molecule has 1 atom stereocenters. The van der Waals surface area contributed by atoms with Gasteiger partial charge in [0.1, 0.15) is 0 Å². The topological polar surface area (TPSA) is 20.3 Å². The number of hydrogen-bond donors (Lipinski definition) is 0. The van der Waals surface area contributed by atoms with Gasteiger partial charge in [-0.2, -0.15) is 13.2 Å². The fraction of sp³-hybridized carbons (Fsp3) is 0.533. The minimum Gasteiger partial charge on any atom is -0.342 e. The third-order valence-electron chi connectivity index (χ3n) is 3.71. The average molecular weight is 285 g/mol. The predicted molar refractivity (Wildman–Crippen MR) is 70.1 cm³/mol. The Morgan fingerprint density at radius 2 is 2.10 bits per heavy atom. The minimum absolute atomic E-state index is 0.0866. The quantitative estimate of drug-likeness (QED) is 0.829. The number of hydrogen-bond acceptors (Lipinski definition) is 1. The Bertz CT molecular complexity index is 484. The van der Waals surface area contributed by atoms with Gasteiger partial charge >= 0.3 is 6.18 Å². The molecule has 0 aliphatic carbocycles. The number of halogens is 3. The maximum absolute atomic E-state index is 12.6. The number of carbonyl (C=O) groups excluding carboxylic acids is 1. The molecular formula is C15H18F3NO. The first kappa shape index (κ1) is 14.9. The van der Waals surface area contributed by atoms with Crippen LogP contribution in [0.25, 0.3) is 0 Å². The van der Waals surface area contributed by atoms with Crippen LogP contribution in [0.5, 0.6) is 0 Å². The summed E-state index contributed by atoms with van der Waals surface area (Å²) in [6.45, 7) is 3.30. The van der Waals surface area contributed by atoms with Gasteiger partial charge < -0.3 is 4.90 Å². The lowest BCUT2D eigenvalue weighted by Crippen LogP contribution is -2.28. The third-order valence-corrected chi connectivity index (χ3v) is 3.71. The van der Waals surface area contributed by atoms with Gasteiger partial charge in [0.05, 0.1) is 5.56 Å². The summed E-state index contributed by atoms with van der Waals surface area (Å²) in [7, 11) is 0. The molecule has 0 N–H and O–H groups in total. The van der Waals surface area contributed by atoms with Crippen molar-refractivity contribution in [2.24, 2.45) is 5.92 Å². The van der Waals surface area contributed by atoms with E-state index in [0.29, 0.717) is 24.9 Å². The van der Waals surface area contributed by atoms with E-state index >= 15 is 0 Å². The Labute approximate surface area is 116 Å². The van der Waals surface area contributed by atoms with Crippen molar-refractivity contribution in [3.63, 3.8) is 0 Å². The number of nitrogens with zero attached hydrogens (tertiary/aromatic N) is 1. The van der Waals surface area contributed by atoms with E-state index in [0.717, 1.165) is 19.0 Å². The maximum atomic E-state index is 12.6. The molecule has 1 aliphatic heterocycles. The van der Waals surface area contributed by atoms with Crippen LogP contribution in [0.3, 0.4) is 0 Å². The Morgan fingerprint density at radius 3 is 2.70 bits per heavy atom. The molecule has 0 bridgehead atoms. The molecule has 0 radical (unpaired) electrons. The van der Waals surface area contributed by atoms with E-state index in [4.69, 9.17) is 0 Å². The summed E-state index contributed by atoms with van der Waals surface area (Å²) in [4.78, 5) is 13.5. The average Bonchev–Trinajstić information content (AvgIpc) is 2.70. The summed E-state index contributed by atoms with van der Waals surface area (Å²) in [5, 5.41) is 0. The number of aryl methyl sites for hydroxylation is 1. The van der Waals surface area contributed by atoms with Gasteiger partial charge in [-0.1, -0.05) is 25.1 Å². The van der Waals surface area contributed by atoms with Crippen molar-refractivity contribution in [3.05, 3.63) is 35.4 Å². The molecule has 1 aromatic rings. The van der Waals surface area contributed by atoms with Crippen molar-refractivity contribution in [2.45, 2.75) is 32.4 Å². The zero-order valence-corrected chi connectivity index (χ0v) is 11.4. The zero-order valence-electron chi connectivity index (χ0n) is 11.4. The monoisotopic (exact) mass is 285 g/mol. The summed E-state index contributed by atoms with van der Waals surface area (Å²) in [5.74, 6) is 0.248. The highest BCUT2D eigenvalue weighted by molar-refractivity contribution is 5.80. The molecule has 1 fully saturated rings. The largest absolute Gasteiger partial charge is 0.416 e. The molecule has 1 heterocycles. The van der Waals surface area contributed by atoms with Gasteiger partial charge in [0.2, 0.25) is 5.91 Å². The highest BCUT2D eigenvalue weighted by atomic mass is 19.4. The first-order valence-corrected chi connectivity index (χ1v) is 6.83. The summed E-state index contributed by atoms with van der Waals surface area (Å²) in [5.41, 5.74) is 0.0559. The number of amides is 1. The molecular weight excluding hydrogens is 267 g/mol. The lowest BCUT2D eigenvalue weighted by molar-refractivity contribution is -0.137. The summed E-state index contributed by atoms with van der Waals surface area (Å²) in [6.07, 6.45) is -2.17. The smallest absolute Gasteiger partial charge is 0.342 e. The standard InChI is InChI=1S/C15H18F3NO/c1-11-7-9-19(14(11)20)8-3-5-12-4-2-6-13(10-12)15(16,17)18/h2,4,6,10-11H,3,5,7-9H2,1H3. The summed E-state index contributed by atoms with van der Waals surface area (Å²) < 4.78 is 37.7. The van der Waals surface area contributed by atoms with Crippen molar-refractivity contribution < 1.29 is 18.0 Å². The third kappa shape index (κ3) is 3.52. The number of alkyl halides is 3. The van der Waals surface area contributed by atoms with Gasteiger partial charge in [0.15, 0.2) is 0 Å². The molecule has 1 aliphatic rings. The van der Waals surface area contributed by atoms with Crippen molar-refractivity contribution >= 4 is 5.91 Å². The van der Waals surface area contributed by atoms with E-state index in [9.17, 15) is 18.0 Å². The van der Waals surface area contributed by atoms with Gasteiger partial charge in [-0.15, -0.1) is 0 Å². The Morgan fingerprint density at radius 1 is 1.35 bits per heavy atom. The summed E-state index contributed by atoms with van der Waals surface area (Å²) in [6, 6.07) is 5.40. The number of carbonyl (C=O) groups is 1. The predicted octanol–water partition coefficient (Wildman–Crippen LogP) is 3.51. The van der Waals surface area contributed by atoms with Crippen LogP contribution in [0.1, 0.15) is 30.9 Å². The van der Waals surface area contributed by atoms with Crippen LogP contribution in [-0.2, 0) is 17.4 Å². The van der Waals surface area contributed by atoms with E-state index in [1.807, 2.05) is 6.92 Å². The van der Waals surface area contributed by atoms with Crippen molar-refractivity contribution in [1.29, 1.82) is 0 Å². The summed E-state index contributed by atoms with van der Waals surface area (Å²) >= 11 is 0. The maximum Gasteiger partial charge on any atom is 0.416 e. The molecule has 0 spiro atoms. The number of likely N-dealkylation sites (tertiary alicyclic amines) is 1. The Hall–Kier alpha value is -1.52. The molecule has 0 aromatic heterocycles. The van der Waals surface area contributed by atoms with E-state index in [2.05, 4.69) is 0 Å². The fourth-order valence-electron chi connectivity index (χ4n) is 2.49. The minimum atomic E-state index is -4.30. The lowest BCUT2D eigenvalue weighted by atomic mass is 10.1. The molecule has 0 saturated carbocycles. The number of benzene rings is 1. The lowest BCUT2D eigenvalue weighted by Gasteiger charge is -2.16. The Balaban J connectivity index is 1.87. The second-order valence-electron chi connectivity index (χ2n) is 5.32. The molecule has 1 saturated heterocycles. The van der Waals surface area contributed by atoms with Crippen LogP contribution in [0.2, 0.25) is 0 Å². The first-order valence-electron chi connectivity index (χ1n) is 6.83. The molecule has 110 valence electrons. The Kier molecular flexibility index (Phi) is 4.35. The van der Waals surface area contributed by atoms with Crippen LogP contribution < -0.4 is 0 Å². The highest BCUT2D eigenvalue weighted by Crippen LogP contribution is 2.29. The van der Waals surface area contributed by atoms with E-state index in [1.165, 1.54) is 12.1 Å². The van der Waals surface area contributed by atoms with Crippen LogP contribution in [0.4, 0.5) is 13.2 Å². The highest BCUT2D eigenvalue weighted by Gasteiger charge is 2.30. The normalized spacial score (nSPS) is 19.7. The molecule has 1 unspecified atom stereocenters.